The van der Waals surface area contributed by atoms with E-state index < -0.39 is 0 Å². The van der Waals surface area contributed by atoms with Gasteiger partial charge < -0.3 is 20.3 Å². The topological polar surface area (TPSA) is 68.0 Å². The zero-order valence-corrected chi connectivity index (χ0v) is 12.8. The van der Waals surface area contributed by atoms with Crippen LogP contribution >= 0.6 is 0 Å². The molecule has 1 aliphatic rings. The van der Waals surface area contributed by atoms with E-state index in [1.54, 1.807) is 7.11 Å². The molecule has 0 aromatic heterocycles. The highest BCUT2D eigenvalue weighted by molar-refractivity contribution is 5.43. The molecule has 1 aromatic carbocycles. The van der Waals surface area contributed by atoms with Crippen LogP contribution in [-0.2, 0) is 0 Å². The summed E-state index contributed by atoms with van der Waals surface area (Å²) in [6.45, 7) is 3.86. The van der Waals surface area contributed by atoms with Crippen LogP contribution in [0.5, 0.6) is 11.5 Å². The van der Waals surface area contributed by atoms with E-state index in [0.717, 1.165) is 17.9 Å². The van der Waals surface area contributed by atoms with Crippen molar-refractivity contribution in [2.45, 2.75) is 25.3 Å². The Balaban J connectivity index is 1.89. The van der Waals surface area contributed by atoms with E-state index in [9.17, 15) is 0 Å². The number of likely N-dealkylation sites (tertiary alicyclic amines) is 1. The molecule has 0 spiro atoms. The number of nitrogens with two attached hydrogens (primary N) is 1. The van der Waals surface area contributed by atoms with Crippen LogP contribution in [-0.4, -0.2) is 50.0 Å². The number of ether oxygens (including phenoxy) is 2. The molecular weight excluding hydrogens is 268 g/mol. The first-order valence-electron chi connectivity index (χ1n) is 7.64. The van der Waals surface area contributed by atoms with Crippen molar-refractivity contribution in [3.8, 4) is 11.5 Å². The third kappa shape index (κ3) is 4.59. The Morgan fingerprint density at radius 3 is 2.67 bits per heavy atom. The van der Waals surface area contributed by atoms with E-state index >= 15 is 0 Å². The minimum atomic E-state index is -0.388. The van der Waals surface area contributed by atoms with E-state index in [4.69, 9.17) is 20.3 Å². The summed E-state index contributed by atoms with van der Waals surface area (Å²) in [6, 6.07) is 5.18. The van der Waals surface area contributed by atoms with Crippen LogP contribution < -0.4 is 15.2 Å². The number of hydrogen-bond acceptors (Lipinski definition) is 5. The van der Waals surface area contributed by atoms with Crippen LogP contribution in [0.2, 0.25) is 0 Å². The molecule has 0 saturated carbocycles. The van der Waals surface area contributed by atoms with Gasteiger partial charge in [-0.25, -0.2) is 0 Å². The summed E-state index contributed by atoms with van der Waals surface area (Å²) in [4.78, 5) is 2.44. The van der Waals surface area contributed by atoms with Crippen molar-refractivity contribution in [3.63, 3.8) is 0 Å². The number of hydrogen-bond donors (Lipinski definition) is 2. The first-order valence-corrected chi connectivity index (χ1v) is 7.64. The third-order valence-corrected chi connectivity index (χ3v) is 3.93. The number of rotatable bonds is 7. The summed E-state index contributed by atoms with van der Waals surface area (Å²) >= 11 is 0. The van der Waals surface area contributed by atoms with Gasteiger partial charge in [0.25, 0.3) is 0 Å². The van der Waals surface area contributed by atoms with Gasteiger partial charge in [0.05, 0.1) is 19.8 Å². The molecule has 1 aliphatic heterocycles. The number of nitrogens with zero attached hydrogens (tertiary/aromatic N) is 1. The first kappa shape index (κ1) is 16.1. The van der Waals surface area contributed by atoms with Crippen LogP contribution in [0.1, 0.15) is 30.9 Å². The minimum Gasteiger partial charge on any atom is -0.493 e. The SMILES string of the molecule is COc1cc([C@@H](N)CO)ccc1OCCN1CCCCC1. The molecule has 2 rings (SSSR count). The Hall–Kier alpha value is -1.30. The van der Waals surface area contributed by atoms with Crippen LogP contribution in [0.15, 0.2) is 18.2 Å². The molecule has 5 nitrogen and oxygen atoms in total. The molecule has 0 amide bonds. The van der Waals surface area contributed by atoms with Crippen LogP contribution in [0, 0.1) is 0 Å². The van der Waals surface area contributed by atoms with Crippen molar-refractivity contribution in [2.75, 3.05) is 40.0 Å². The molecule has 1 atom stereocenters. The van der Waals surface area contributed by atoms with Crippen molar-refractivity contribution in [3.05, 3.63) is 23.8 Å². The number of piperidine rings is 1. The highest BCUT2D eigenvalue weighted by Crippen LogP contribution is 2.29. The standard InChI is InChI=1S/C16H26N2O3/c1-20-16-11-13(14(17)12-19)5-6-15(16)21-10-9-18-7-3-2-4-8-18/h5-6,11,14,19H,2-4,7-10,12,17H2,1H3/t14-/m0/s1. The van der Waals surface area contributed by atoms with Gasteiger partial charge >= 0.3 is 0 Å². The maximum absolute atomic E-state index is 9.10. The Morgan fingerprint density at radius 2 is 2.00 bits per heavy atom. The average Bonchev–Trinajstić information content (AvgIpc) is 2.55. The van der Waals surface area contributed by atoms with Gasteiger partial charge in [-0.1, -0.05) is 12.5 Å². The smallest absolute Gasteiger partial charge is 0.161 e. The Kier molecular flexibility index (Phi) is 6.29. The van der Waals surface area contributed by atoms with Crippen molar-refractivity contribution in [1.82, 2.24) is 4.90 Å². The molecule has 5 heteroatoms. The lowest BCUT2D eigenvalue weighted by Gasteiger charge is -2.26. The summed E-state index contributed by atoms with van der Waals surface area (Å²) in [6.07, 6.45) is 3.92. The fourth-order valence-corrected chi connectivity index (χ4v) is 2.61. The third-order valence-electron chi connectivity index (χ3n) is 3.93. The molecule has 0 unspecified atom stereocenters. The minimum absolute atomic E-state index is 0.0850. The molecule has 1 aromatic rings. The molecule has 21 heavy (non-hydrogen) atoms. The second-order valence-corrected chi connectivity index (χ2v) is 5.45. The van der Waals surface area contributed by atoms with Gasteiger partial charge in [-0.2, -0.15) is 0 Å². The van der Waals surface area contributed by atoms with E-state index in [-0.39, 0.29) is 12.6 Å². The van der Waals surface area contributed by atoms with Gasteiger partial charge in [0.15, 0.2) is 11.5 Å². The van der Waals surface area contributed by atoms with E-state index in [0.29, 0.717) is 12.4 Å². The van der Waals surface area contributed by atoms with Crippen molar-refractivity contribution in [1.29, 1.82) is 0 Å². The van der Waals surface area contributed by atoms with Crippen molar-refractivity contribution < 1.29 is 14.6 Å². The molecule has 1 fully saturated rings. The van der Waals surface area contributed by atoms with Crippen LogP contribution in [0.25, 0.3) is 0 Å². The van der Waals surface area contributed by atoms with Gasteiger partial charge in [-0.05, 0) is 43.6 Å². The molecule has 0 bridgehead atoms. The molecule has 0 aliphatic carbocycles. The fraction of sp³-hybridized carbons (Fsp3) is 0.625. The summed E-state index contributed by atoms with van der Waals surface area (Å²) in [7, 11) is 1.61. The molecule has 118 valence electrons. The van der Waals surface area contributed by atoms with E-state index in [2.05, 4.69) is 4.90 Å². The molecule has 1 saturated heterocycles. The predicted molar refractivity (Wildman–Crippen MR) is 82.8 cm³/mol. The van der Waals surface area contributed by atoms with E-state index in [1.165, 1.54) is 32.4 Å². The normalized spacial score (nSPS) is 17.5. The number of methoxy groups -OCH3 is 1. The van der Waals surface area contributed by atoms with Crippen LogP contribution in [0.4, 0.5) is 0 Å². The van der Waals surface area contributed by atoms with Gasteiger partial charge in [0.1, 0.15) is 6.61 Å². The van der Waals surface area contributed by atoms with E-state index in [1.807, 2.05) is 18.2 Å². The predicted octanol–water partition coefficient (Wildman–Crippen LogP) is 1.55. The average molecular weight is 294 g/mol. The second-order valence-electron chi connectivity index (χ2n) is 5.45. The highest BCUT2D eigenvalue weighted by atomic mass is 16.5. The first-order chi connectivity index (χ1) is 10.2. The number of aliphatic hydroxyl groups excluding tert-OH is 1. The monoisotopic (exact) mass is 294 g/mol. The maximum Gasteiger partial charge on any atom is 0.161 e. The van der Waals surface area contributed by atoms with Gasteiger partial charge in [-0.15, -0.1) is 0 Å². The molecular formula is C16H26N2O3. The zero-order chi connectivity index (χ0) is 15.1. The highest BCUT2D eigenvalue weighted by Gasteiger charge is 2.12. The second kappa shape index (κ2) is 8.22. The summed E-state index contributed by atoms with van der Waals surface area (Å²) < 4.78 is 11.2. The van der Waals surface area contributed by atoms with Crippen molar-refractivity contribution in [2.24, 2.45) is 5.73 Å². The lowest BCUT2D eigenvalue weighted by Crippen LogP contribution is -2.33. The zero-order valence-electron chi connectivity index (χ0n) is 12.8. The maximum atomic E-state index is 9.10. The van der Waals surface area contributed by atoms with Crippen molar-refractivity contribution >= 4 is 0 Å². The van der Waals surface area contributed by atoms with Gasteiger partial charge in [0, 0.05) is 6.54 Å². The summed E-state index contributed by atoms with van der Waals surface area (Å²) in [5.41, 5.74) is 6.66. The Bertz CT molecular complexity index is 434. The lowest BCUT2D eigenvalue weighted by atomic mass is 10.1. The molecule has 3 N–H and O–H groups in total. The molecule has 0 radical (unpaired) electrons. The fourth-order valence-electron chi connectivity index (χ4n) is 2.61. The Labute approximate surface area is 126 Å². The quantitative estimate of drug-likeness (QED) is 0.798. The largest absolute Gasteiger partial charge is 0.493 e. The number of benzene rings is 1. The number of aliphatic hydroxyl groups is 1. The molecule has 1 heterocycles. The van der Waals surface area contributed by atoms with Crippen LogP contribution in [0.3, 0.4) is 0 Å². The summed E-state index contributed by atoms with van der Waals surface area (Å²) in [5, 5.41) is 9.10. The Morgan fingerprint density at radius 1 is 1.24 bits per heavy atom. The lowest BCUT2D eigenvalue weighted by molar-refractivity contribution is 0.180. The van der Waals surface area contributed by atoms with Gasteiger partial charge in [-0.3, -0.25) is 4.90 Å². The van der Waals surface area contributed by atoms with Gasteiger partial charge in [0.2, 0.25) is 0 Å². The summed E-state index contributed by atoms with van der Waals surface area (Å²) in [5.74, 6) is 1.39.